The highest BCUT2D eigenvalue weighted by atomic mass is 16.5. The topological polar surface area (TPSA) is 64.4 Å². The summed E-state index contributed by atoms with van der Waals surface area (Å²) in [6, 6.07) is 7.68. The molecule has 0 saturated heterocycles. The van der Waals surface area contributed by atoms with Crippen LogP contribution in [0.3, 0.4) is 0 Å². The van der Waals surface area contributed by atoms with E-state index in [4.69, 9.17) is 9.15 Å². The maximum atomic E-state index is 12.7. The lowest BCUT2D eigenvalue weighted by molar-refractivity contribution is 0.0926. The van der Waals surface area contributed by atoms with Crippen LogP contribution in [-0.4, -0.2) is 24.0 Å². The summed E-state index contributed by atoms with van der Waals surface area (Å²) in [5.41, 5.74) is 1.12. The van der Waals surface area contributed by atoms with E-state index in [9.17, 15) is 4.79 Å². The summed E-state index contributed by atoms with van der Waals surface area (Å²) in [5.74, 6) is 1.04. The molecule has 24 heavy (non-hydrogen) atoms. The quantitative estimate of drug-likeness (QED) is 0.914. The van der Waals surface area contributed by atoms with Gasteiger partial charge in [0, 0.05) is 11.6 Å². The van der Waals surface area contributed by atoms with Crippen molar-refractivity contribution in [1.82, 2.24) is 10.3 Å². The number of hydrogen-bond donors (Lipinski definition) is 1. The van der Waals surface area contributed by atoms with E-state index in [1.165, 1.54) is 38.5 Å². The molecule has 1 aromatic carbocycles. The molecule has 0 unspecified atom stereocenters. The highest BCUT2D eigenvalue weighted by Crippen LogP contribution is 2.27. The maximum Gasteiger partial charge on any atom is 0.274 e. The Kier molecular flexibility index (Phi) is 5.51. The first-order valence-electron chi connectivity index (χ1n) is 8.66. The van der Waals surface area contributed by atoms with E-state index in [0.717, 1.165) is 24.2 Å². The van der Waals surface area contributed by atoms with Gasteiger partial charge < -0.3 is 14.5 Å². The van der Waals surface area contributed by atoms with Crippen molar-refractivity contribution in [3.63, 3.8) is 0 Å². The summed E-state index contributed by atoms with van der Waals surface area (Å²) in [4.78, 5) is 16.8. The lowest BCUT2D eigenvalue weighted by Crippen LogP contribution is -2.35. The number of hydrogen-bond acceptors (Lipinski definition) is 4. The molecule has 1 fully saturated rings. The minimum atomic E-state index is -0.160. The number of oxazole rings is 1. The van der Waals surface area contributed by atoms with Gasteiger partial charge in [0.05, 0.1) is 7.11 Å². The average molecular weight is 328 g/mol. The fourth-order valence-electron chi connectivity index (χ4n) is 3.23. The minimum Gasteiger partial charge on any atom is -0.497 e. The molecule has 1 aromatic heterocycles. The average Bonchev–Trinajstić information content (AvgIpc) is 3.07. The number of aromatic nitrogens is 1. The molecule has 1 amide bonds. The van der Waals surface area contributed by atoms with Gasteiger partial charge in [-0.05, 0) is 25.0 Å². The lowest BCUT2D eigenvalue weighted by Gasteiger charge is -2.20. The van der Waals surface area contributed by atoms with Gasteiger partial charge in [-0.25, -0.2) is 4.98 Å². The van der Waals surface area contributed by atoms with Crippen LogP contribution in [0, 0.1) is 0 Å². The van der Waals surface area contributed by atoms with E-state index in [-0.39, 0.29) is 11.9 Å². The second-order valence-corrected chi connectivity index (χ2v) is 6.28. The standard InChI is InChI=1S/C19H24N2O3/c1-23-16-11-7-8-14(12-16)18-17(20-13-24-18)19(22)21-15-9-5-3-2-4-6-10-15/h7-8,11-13,15H,2-6,9-10H2,1H3,(H,21,22). The number of benzene rings is 1. The third-order valence-electron chi connectivity index (χ3n) is 4.55. The first-order chi connectivity index (χ1) is 11.8. The fourth-order valence-corrected chi connectivity index (χ4v) is 3.23. The summed E-state index contributed by atoms with van der Waals surface area (Å²) < 4.78 is 10.7. The van der Waals surface area contributed by atoms with Crippen molar-refractivity contribution in [3.8, 4) is 17.1 Å². The van der Waals surface area contributed by atoms with E-state index < -0.39 is 0 Å². The fraction of sp³-hybridized carbons (Fsp3) is 0.474. The highest BCUT2D eigenvalue weighted by Gasteiger charge is 2.21. The summed E-state index contributed by atoms with van der Waals surface area (Å²) in [7, 11) is 1.61. The number of amides is 1. The first-order valence-corrected chi connectivity index (χ1v) is 8.66. The molecule has 1 aliphatic carbocycles. The first kappa shape index (κ1) is 16.6. The Hall–Kier alpha value is -2.30. The van der Waals surface area contributed by atoms with Crippen LogP contribution in [0.25, 0.3) is 11.3 Å². The highest BCUT2D eigenvalue weighted by molar-refractivity contribution is 5.97. The molecule has 0 spiro atoms. The largest absolute Gasteiger partial charge is 0.497 e. The summed E-state index contributed by atoms with van der Waals surface area (Å²) in [6.07, 6.45) is 9.57. The van der Waals surface area contributed by atoms with E-state index >= 15 is 0 Å². The van der Waals surface area contributed by atoms with Crippen molar-refractivity contribution >= 4 is 5.91 Å². The zero-order valence-corrected chi connectivity index (χ0v) is 14.1. The molecule has 0 bridgehead atoms. The van der Waals surface area contributed by atoms with Crippen molar-refractivity contribution in [2.24, 2.45) is 0 Å². The summed E-state index contributed by atoms with van der Waals surface area (Å²) in [6.45, 7) is 0. The predicted molar refractivity (Wildman–Crippen MR) is 92.1 cm³/mol. The van der Waals surface area contributed by atoms with Crippen molar-refractivity contribution in [2.75, 3.05) is 7.11 Å². The molecule has 0 radical (unpaired) electrons. The third-order valence-corrected chi connectivity index (χ3v) is 4.55. The van der Waals surface area contributed by atoms with Gasteiger partial charge in [-0.2, -0.15) is 0 Å². The SMILES string of the molecule is COc1cccc(-c2ocnc2C(=O)NC2CCCCCCC2)c1. The van der Waals surface area contributed by atoms with Gasteiger partial charge in [0.15, 0.2) is 17.8 Å². The van der Waals surface area contributed by atoms with Crippen LogP contribution in [0.2, 0.25) is 0 Å². The number of methoxy groups -OCH3 is 1. The monoisotopic (exact) mass is 328 g/mol. The molecular formula is C19H24N2O3. The predicted octanol–water partition coefficient (Wildman–Crippen LogP) is 4.19. The molecular weight excluding hydrogens is 304 g/mol. The zero-order valence-electron chi connectivity index (χ0n) is 14.1. The van der Waals surface area contributed by atoms with Crippen LogP contribution in [0.5, 0.6) is 5.75 Å². The van der Waals surface area contributed by atoms with Crippen LogP contribution >= 0.6 is 0 Å². The van der Waals surface area contributed by atoms with Gasteiger partial charge in [-0.3, -0.25) is 4.79 Å². The van der Waals surface area contributed by atoms with Crippen LogP contribution < -0.4 is 10.1 Å². The number of nitrogens with zero attached hydrogens (tertiary/aromatic N) is 1. The van der Waals surface area contributed by atoms with Gasteiger partial charge in [0.25, 0.3) is 5.91 Å². The number of carbonyl (C=O) groups is 1. The minimum absolute atomic E-state index is 0.160. The Labute approximate surface area is 142 Å². The van der Waals surface area contributed by atoms with Gasteiger partial charge in [-0.15, -0.1) is 0 Å². The van der Waals surface area contributed by atoms with Gasteiger partial charge >= 0.3 is 0 Å². The summed E-state index contributed by atoms with van der Waals surface area (Å²) in [5, 5.41) is 3.14. The van der Waals surface area contributed by atoms with E-state index in [0.29, 0.717) is 11.5 Å². The normalized spacial score (nSPS) is 16.2. The van der Waals surface area contributed by atoms with E-state index in [1.54, 1.807) is 7.11 Å². The van der Waals surface area contributed by atoms with Crippen molar-refractivity contribution in [2.45, 2.75) is 51.0 Å². The molecule has 1 N–H and O–H groups in total. The molecule has 128 valence electrons. The van der Waals surface area contributed by atoms with Crippen LogP contribution in [0.1, 0.15) is 55.4 Å². The molecule has 5 heteroatoms. The molecule has 2 aromatic rings. The maximum absolute atomic E-state index is 12.7. The van der Waals surface area contributed by atoms with Crippen molar-refractivity contribution in [1.29, 1.82) is 0 Å². The Morgan fingerprint density at radius 1 is 1.21 bits per heavy atom. The van der Waals surface area contributed by atoms with Crippen molar-refractivity contribution < 1.29 is 13.9 Å². The third kappa shape index (κ3) is 3.96. The molecule has 1 aliphatic rings. The molecule has 3 rings (SSSR count). The zero-order chi connectivity index (χ0) is 16.8. The number of rotatable bonds is 4. The number of carbonyl (C=O) groups excluding carboxylic acids is 1. The number of ether oxygens (including phenoxy) is 1. The Bertz CT molecular complexity index is 673. The summed E-state index contributed by atoms with van der Waals surface area (Å²) >= 11 is 0. The molecule has 1 heterocycles. The lowest BCUT2D eigenvalue weighted by atomic mass is 9.96. The van der Waals surface area contributed by atoms with Gasteiger partial charge in [-0.1, -0.05) is 44.2 Å². The number of nitrogens with one attached hydrogen (secondary N) is 1. The Balaban J connectivity index is 1.74. The van der Waals surface area contributed by atoms with Crippen molar-refractivity contribution in [3.05, 3.63) is 36.4 Å². The van der Waals surface area contributed by atoms with Gasteiger partial charge in [0.1, 0.15) is 5.75 Å². The molecule has 5 nitrogen and oxygen atoms in total. The second-order valence-electron chi connectivity index (χ2n) is 6.28. The van der Waals surface area contributed by atoms with Gasteiger partial charge in [0.2, 0.25) is 0 Å². The van der Waals surface area contributed by atoms with Crippen LogP contribution in [-0.2, 0) is 0 Å². The smallest absolute Gasteiger partial charge is 0.274 e. The molecule has 0 atom stereocenters. The Morgan fingerprint density at radius 3 is 2.71 bits per heavy atom. The molecule has 1 saturated carbocycles. The van der Waals surface area contributed by atoms with E-state index in [2.05, 4.69) is 10.3 Å². The Morgan fingerprint density at radius 2 is 1.96 bits per heavy atom. The van der Waals surface area contributed by atoms with Crippen LogP contribution in [0.15, 0.2) is 35.1 Å². The van der Waals surface area contributed by atoms with E-state index in [1.807, 2.05) is 24.3 Å². The van der Waals surface area contributed by atoms with Crippen LogP contribution in [0.4, 0.5) is 0 Å². The second kappa shape index (κ2) is 7.99. The molecule has 0 aliphatic heterocycles.